The first-order valence-corrected chi connectivity index (χ1v) is 7.50. The van der Waals surface area contributed by atoms with E-state index in [1.165, 1.54) is 18.2 Å². The lowest BCUT2D eigenvalue weighted by Crippen LogP contribution is -2.39. The number of phenols is 1. The molecule has 6 nitrogen and oxygen atoms in total. The van der Waals surface area contributed by atoms with Crippen LogP contribution in [0.4, 0.5) is 10.5 Å². The van der Waals surface area contributed by atoms with Gasteiger partial charge in [-0.15, -0.1) is 0 Å². The summed E-state index contributed by atoms with van der Waals surface area (Å²) in [6.07, 6.45) is 2.74. The van der Waals surface area contributed by atoms with Gasteiger partial charge in [0.05, 0.1) is 5.69 Å². The standard InChI is InChI=1S/C13H18N2O4S/c1-3-8(7-20-2)14-13(19)15-10-6-4-5-9(11(10)16)12(17)18/h4-6,8,16H,3,7H2,1-2H3,(H,17,18)(H2,14,15,19). The molecular weight excluding hydrogens is 280 g/mol. The van der Waals surface area contributed by atoms with Crippen molar-refractivity contribution in [2.75, 3.05) is 17.3 Å². The number of carboxylic acids is 1. The van der Waals surface area contributed by atoms with E-state index in [4.69, 9.17) is 5.11 Å². The first kappa shape index (κ1) is 16.2. The Kier molecular flexibility index (Phi) is 6.17. The molecule has 1 unspecified atom stereocenters. The van der Waals surface area contributed by atoms with Crippen LogP contribution in [0.2, 0.25) is 0 Å². The van der Waals surface area contributed by atoms with E-state index in [0.717, 1.165) is 12.2 Å². The number of amides is 2. The Morgan fingerprint density at radius 2 is 2.10 bits per heavy atom. The van der Waals surface area contributed by atoms with E-state index in [0.29, 0.717) is 0 Å². The van der Waals surface area contributed by atoms with Crippen molar-refractivity contribution in [1.29, 1.82) is 0 Å². The first-order chi connectivity index (χ1) is 9.49. The molecule has 0 aliphatic carbocycles. The lowest BCUT2D eigenvalue weighted by Gasteiger charge is -2.17. The maximum absolute atomic E-state index is 11.8. The molecule has 0 aliphatic heterocycles. The minimum atomic E-state index is -1.25. The smallest absolute Gasteiger partial charge is 0.339 e. The molecule has 1 atom stereocenters. The fourth-order valence-corrected chi connectivity index (χ4v) is 2.34. The minimum absolute atomic E-state index is 0.0230. The SMILES string of the molecule is CCC(CSC)NC(=O)Nc1cccc(C(=O)O)c1O. The third-order valence-electron chi connectivity index (χ3n) is 2.71. The van der Waals surface area contributed by atoms with Gasteiger partial charge >= 0.3 is 12.0 Å². The zero-order chi connectivity index (χ0) is 15.1. The lowest BCUT2D eigenvalue weighted by atomic mass is 10.1. The third kappa shape index (κ3) is 4.34. The number of thioether (sulfide) groups is 1. The van der Waals surface area contributed by atoms with Crippen LogP contribution in [0.15, 0.2) is 18.2 Å². The van der Waals surface area contributed by atoms with E-state index in [1.54, 1.807) is 11.8 Å². The second-order valence-electron chi connectivity index (χ2n) is 4.17. The summed E-state index contributed by atoms with van der Waals surface area (Å²) in [5.41, 5.74) is -0.180. The number of carbonyl (C=O) groups is 2. The van der Waals surface area contributed by atoms with Crippen molar-refractivity contribution in [2.24, 2.45) is 0 Å². The Labute approximate surface area is 121 Å². The molecular formula is C13H18N2O4S. The summed E-state index contributed by atoms with van der Waals surface area (Å²) in [5.74, 6) is -0.918. The molecule has 7 heteroatoms. The number of urea groups is 1. The summed E-state index contributed by atoms with van der Waals surface area (Å²) in [6.45, 7) is 1.96. The molecule has 0 saturated carbocycles. The number of anilines is 1. The fraction of sp³-hybridized carbons (Fsp3) is 0.385. The first-order valence-electron chi connectivity index (χ1n) is 6.11. The van der Waals surface area contributed by atoms with Gasteiger partial charge in [0.1, 0.15) is 5.56 Å². The van der Waals surface area contributed by atoms with Crippen LogP contribution in [0.5, 0.6) is 5.75 Å². The zero-order valence-electron chi connectivity index (χ0n) is 11.3. The summed E-state index contributed by atoms with van der Waals surface area (Å²) in [4.78, 5) is 22.7. The topological polar surface area (TPSA) is 98.7 Å². The number of benzene rings is 1. The van der Waals surface area contributed by atoms with Crippen LogP contribution >= 0.6 is 11.8 Å². The number of aromatic carboxylic acids is 1. The number of hydrogen-bond acceptors (Lipinski definition) is 4. The molecule has 1 aromatic carbocycles. The van der Waals surface area contributed by atoms with E-state index >= 15 is 0 Å². The van der Waals surface area contributed by atoms with Gasteiger partial charge in [-0.05, 0) is 24.8 Å². The van der Waals surface area contributed by atoms with Crippen molar-refractivity contribution in [3.8, 4) is 5.75 Å². The van der Waals surface area contributed by atoms with Gasteiger partial charge in [-0.25, -0.2) is 9.59 Å². The molecule has 0 saturated heterocycles. The van der Waals surface area contributed by atoms with E-state index in [-0.39, 0.29) is 17.3 Å². The molecule has 0 fully saturated rings. The van der Waals surface area contributed by atoms with Crippen molar-refractivity contribution in [3.63, 3.8) is 0 Å². The molecule has 4 N–H and O–H groups in total. The molecule has 2 amide bonds. The summed E-state index contributed by atoms with van der Waals surface area (Å²) < 4.78 is 0. The van der Waals surface area contributed by atoms with Gasteiger partial charge in [0.2, 0.25) is 0 Å². The van der Waals surface area contributed by atoms with Gasteiger partial charge in [0.15, 0.2) is 5.75 Å². The van der Waals surface area contributed by atoms with Crippen molar-refractivity contribution >= 4 is 29.4 Å². The van der Waals surface area contributed by atoms with Gasteiger partial charge in [-0.1, -0.05) is 13.0 Å². The zero-order valence-corrected chi connectivity index (χ0v) is 12.2. The van der Waals surface area contributed by atoms with Crippen molar-refractivity contribution < 1.29 is 19.8 Å². The number of nitrogens with one attached hydrogen (secondary N) is 2. The van der Waals surface area contributed by atoms with E-state index in [9.17, 15) is 14.7 Å². The van der Waals surface area contributed by atoms with Crippen LogP contribution in [-0.4, -0.2) is 40.3 Å². The molecule has 0 heterocycles. The molecule has 0 spiro atoms. The maximum atomic E-state index is 11.8. The monoisotopic (exact) mass is 298 g/mol. The lowest BCUT2D eigenvalue weighted by molar-refractivity contribution is 0.0693. The number of carbonyl (C=O) groups excluding carboxylic acids is 1. The van der Waals surface area contributed by atoms with Crippen molar-refractivity contribution in [3.05, 3.63) is 23.8 Å². The molecule has 110 valence electrons. The Bertz CT molecular complexity index is 493. The summed E-state index contributed by atoms with van der Waals surface area (Å²) in [6, 6.07) is 3.72. The molecule has 0 aliphatic rings. The van der Waals surface area contributed by atoms with Gasteiger partial charge in [0.25, 0.3) is 0 Å². The quantitative estimate of drug-likeness (QED) is 0.604. The van der Waals surface area contributed by atoms with Gasteiger partial charge < -0.3 is 20.8 Å². The Morgan fingerprint density at radius 3 is 2.65 bits per heavy atom. The summed E-state index contributed by atoms with van der Waals surface area (Å²) in [7, 11) is 0. The molecule has 1 aromatic rings. The highest BCUT2D eigenvalue weighted by molar-refractivity contribution is 7.98. The molecule has 20 heavy (non-hydrogen) atoms. The van der Waals surface area contributed by atoms with E-state index < -0.39 is 17.7 Å². The average Bonchev–Trinajstić information content (AvgIpc) is 2.40. The van der Waals surface area contributed by atoms with Gasteiger partial charge in [0, 0.05) is 11.8 Å². The second-order valence-corrected chi connectivity index (χ2v) is 5.08. The molecule has 0 bridgehead atoms. The summed E-state index contributed by atoms with van der Waals surface area (Å²) in [5, 5.41) is 23.9. The summed E-state index contributed by atoms with van der Waals surface area (Å²) >= 11 is 1.62. The Morgan fingerprint density at radius 1 is 1.40 bits per heavy atom. The third-order valence-corrected chi connectivity index (χ3v) is 3.45. The highest BCUT2D eigenvalue weighted by atomic mass is 32.2. The van der Waals surface area contributed by atoms with Crippen LogP contribution in [0.1, 0.15) is 23.7 Å². The number of aromatic hydroxyl groups is 1. The van der Waals surface area contributed by atoms with E-state index in [1.807, 2.05) is 13.2 Å². The van der Waals surface area contributed by atoms with Crippen LogP contribution in [0, 0.1) is 0 Å². The second kappa shape index (κ2) is 7.64. The van der Waals surface area contributed by atoms with Crippen LogP contribution in [-0.2, 0) is 0 Å². The predicted molar refractivity (Wildman–Crippen MR) is 79.7 cm³/mol. The molecule has 1 rings (SSSR count). The van der Waals surface area contributed by atoms with Crippen molar-refractivity contribution in [2.45, 2.75) is 19.4 Å². The van der Waals surface area contributed by atoms with Gasteiger partial charge in [-0.3, -0.25) is 0 Å². The largest absolute Gasteiger partial charge is 0.505 e. The fourth-order valence-electron chi connectivity index (χ4n) is 1.62. The Hall–Kier alpha value is -1.89. The van der Waals surface area contributed by atoms with E-state index in [2.05, 4.69) is 10.6 Å². The highest BCUT2D eigenvalue weighted by Gasteiger charge is 2.15. The normalized spacial score (nSPS) is 11.7. The average molecular weight is 298 g/mol. The number of para-hydroxylation sites is 1. The highest BCUT2D eigenvalue weighted by Crippen LogP contribution is 2.27. The Balaban J connectivity index is 2.76. The number of hydrogen-bond donors (Lipinski definition) is 4. The molecule has 0 radical (unpaired) electrons. The van der Waals surface area contributed by atoms with Crippen LogP contribution < -0.4 is 10.6 Å². The number of carboxylic acid groups (broad SMARTS) is 1. The van der Waals surface area contributed by atoms with Crippen LogP contribution in [0.3, 0.4) is 0 Å². The predicted octanol–water partition coefficient (Wildman–Crippen LogP) is 2.35. The minimum Gasteiger partial charge on any atom is -0.505 e. The number of rotatable bonds is 6. The molecule has 0 aromatic heterocycles. The maximum Gasteiger partial charge on any atom is 0.339 e. The van der Waals surface area contributed by atoms with Crippen LogP contribution in [0.25, 0.3) is 0 Å². The van der Waals surface area contributed by atoms with Crippen molar-refractivity contribution in [1.82, 2.24) is 5.32 Å². The van der Waals surface area contributed by atoms with Gasteiger partial charge in [-0.2, -0.15) is 11.8 Å².